The number of carbonyl (C=O) groups excluding carboxylic acids is 1. The standard InChI is InChI=1S/C13H12Cl2FN3O3S/c1-19-13(23(2,21)22)10(15)11(18-19)7-4-8(12(17)20)9(14)3-6(7)5-16/h3-4H,5H2,1-2H3,(H2,17,20). The van der Waals surface area contributed by atoms with E-state index in [1.54, 1.807) is 0 Å². The summed E-state index contributed by atoms with van der Waals surface area (Å²) in [5.41, 5.74) is 5.48. The third kappa shape index (κ3) is 3.19. The Balaban J connectivity index is 2.82. The highest BCUT2D eigenvalue weighted by Gasteiger charge is 2.25. The number of aryl methyl sites for hydroxylation is 1. The van der Waals surface area contributed by atoms with Crippen molar-refractivity contribution in [3.8, 4) is 11.3 Å². The molecule has 0 spiro atoms. The van der Waals surface area contributed by atoms with Crippen molar-refractivity contribution < 1.29 is 17.6 Å². The van der Waals surface area contributed by atoms with Gasteiger partial charge in [-0.3, -0.25) is 9.48 Å². The van der Waals surface area contributed by atoms with Gasteiger partial charge >= 0.3 is 0 Å². The van der Waals surface area contributed by atoms with Crippen LogP contribution < -0.4 is 5.73 Å². The van der Waals surface area contributed by atoms with E-state index in [1.807, 2.05) is 0 Å². The third-order valence-corrected chi connectivity index (χ3v) is 5.10. The van der Waals surface area contributed by atoms with E-state index in [9.17, 15) is 17.6 Å². The normalized spacial score (nSPS) is 11.7. The minimum absolute atomic E-state index is 0.00992. The van der Waals surface area contributed by atoms with Crippen LogP contribution in [0.2, 0.25) is 10.0 Å². The number of aromatic nitrogens is 2. The van der Waals surface area contributed by atoms with Gasteiger partial charge in [-0.15, -0.1) is 0 Å². The lowest BCUT2D eigenvalue weighted by Crippen LogP contribution is -2.12. The van der Waals surface area contributed by atoms with E-state index in [2.05, 4.69) is 5.10 Å². The van der Waals surface area contributed by atoms with Crippen LogP contribution in [0.25, 0.3) is 11.3 Å². The molecule has 2 N–H and O–H groups in total. The molecule has 0 radical (unpaired) electrons. The highest BCUT2D eigenvalue weighted by molar-refractivity contribution is 7.90. The highest BCUT2D eigenvalue weighted by atomic mass is 35.5. The molecule has 2 rings (SSSR count). The van der Waals surface area contributed by atoms with Gasteiger partial charge in [0, 0.05) is 18.9 Å². The molecule has 124 valence electrons. The minimum atomic E-state index is -3.65. The van der Waals surface area contributed by atoms with Crippen LogP contribution in [0.4, 0.5) is 4.39 Å². The Morgan fingerprint density at radius 1 is 1.39 bits per heavy atom. The number of hydrogen-bond donors (Lipinski definition) is 1. The van der Waals surface area contributed by atoms with Crippen LogP contribution in [0.15, 0.2) is 17.2 Å². The SMILES string of the molecule is Cn1nc(-c2cc(C(N)=O)c(Cl)cc2CF)c(Cl)c1S(C)(=O)=O. The monoisotopic (exact) mass is 379 g/mol. The number of amides is 1. The number of nitrogens with zero attached hydrogens (tertiary/aromatic N) is 2. The number of benzene rings is 1. The predicted octanol–water partition coefficient (Wildman–Crippen LogP) is 2.37. The molecule has 10 heteroatoms. The molecule has 0 fully saturated rings. The first-order valence-electron chi connectivity index (χ1n) is 6.19. The van der Waals surface area contributed by atoms with Gasteiger partial charge in [0.25, 0.3) is 0 Å². The smallest absolute Gasteiger partial charge is 0.250 e. The second kappa shape index (κ2) is 6.10. The lowest BCUT2D eigenvalue weighted by atomic mass is 10.0. The molecule has 0 atom stereocenters. The van der Waals surface area contributed by atoms with Crippen molar-refractivity contribution in [3.05, 3.63) is 33.3 Å². The van der Waals surface area contributed by atoms with Crippen LogP contribution in [0.1, 0.15) is 15.9 Å². The van der Waals surface area contributed by atoms with Gasteiger partial charge < -0.3 is 5.73 Å². The zero-order valence-corrected chi connectivity index (χ0v) is 14.4. The van der Waals surface area contributed by atoms with Gasteiger partial charge in [0.2, 0.25) is 5.91 Å². The number of rotatable bonds is 4. The molecule has 1 amide bonds. The van der Waals surface area contributed by atoms with Crippen LogP contribution in [-0.2, 0) is 23.6 Å². The number of alkyl halides is 1. The molecular formula is C13H12Cl2FN3O3S. The first-order chi connectivity index (χ1) is 10.6. The molecule has 0 aliphatic heterocycles. The van der Waals surface area contributed by atoms with E-state index in [4.69, 9.17) is 28.9 Å². The fraction of sp³-hybridized carbons (Fsp3) is 0.231. The summed E-state index contributed by atoms with van der Waals surface area (Å²) in [7, 11) is -2.25. The topological polar surface area (TPSA) is 95.1 Å². The fourth-order valence-corrected chi connectivity index (χ4v) is 4.10. The van der Waals surface area contributed by atoms with E-state index in [1.165, 1.54) is 19.2 Å². The van der Waals surface area contributed by atoms with Gasteiger partial charge in [0.05, 0.1) is 10.6 Å². The Morgan fingerprint density at radius 3 is 2.43 bits per heavy atom. The Labute approximate surface area is 141 Å². The number of halogens is 3. The molecule has 0 bridgehead atoms. The molecule has 0 unspecified atom stereocenters. The van der Waals surface area contributed by atoms with Crippen LogP contribution in [0, 0.1) is 0 Å². The maximum absolute atomic E-state index is 13.3. The summed E-state index contributed by atoms with van der Waals surface area (Å²) in [4.78, 5) is 11.4. The quantitative estimate of drug-likeness (QED) is 0.881. The average Bonchev–Trinajstić information content (AvgIpc) is 2.72. The summed E-state index contributed by atoms with van der Waals surface area (Å²) < 4.78 is 37.9. The lowest BCUT2D eigenvalue weighted by Gasteiger charge is -2.08. The first-order valence-corrected chi connectivity index (χ1v) is 8.83. The second-order valence-electron chi connectivity index (χ2n) is 4.85. The molecule has 0 aliphatic rings. The minimum Gasteiger partial charge on any atom is -0.366 e. The van der Waals surface area contributed by atoms with E-state index >= 15 is 0 Å². The van der Waals surface area contributed by atoms with Crippen molar-refractivity contribution in [1.29, 1.82) is 0 Å². The lowest BCUT2D eigenvalue weighted by molar-refractivity contribution is 0.100. The summed E-state index contributed by atoms with van der Waals surface area (Å²) in [6.07, 6.45) is 0.979. The van der Waals surface area contributed by atoms with Gasteiger partial charge in [-0.1, -0.05) is 23.2 Å². The first kappa shape index (κ1) is 17.7. The highest BCUT2D eigenvalue weighted by Crippen LogP contribution is 2.36. The average molecular weight is 380 g/mol. The molecule has 2 aromatic rings. The molecule has 1 aromatic heterocycles. The van der Waals surface area contributed by atoms with Gasteiger partial charge in [0.1, 0.15) is 17.4 Å². The molecule has 0 aliphatic carbocycles. The number of hydrogen-bond acceptors (Lipinski definition) is 4. The van der Waals surface area contributed by atoms with Gasteiger partial charge in [-0.25, -0.2) is 12.8 Å². The molecule has 23 heavy (non-hydrogen) atoms. The Kier molecular flexibility index (Phi) is 4.70. The van der Waals surface area contributed by atoms with E-state index in [-0.39, 0.29) is 37.5 Å². The molecule has 0 saturated carbocycles. The Bertz CT molecular complexity index is 910. The summed E-state index contributed by atoms with van der Waals surface area (Å²) in [5.74, 6) is -0.808. The number of sulfone groups is 1. The molecule has 1 aromatic carbocycles. The molecule has 0 saturated heterocycles. The zero-order valence-electron chi connectivity index (χ0n) is 12.1. The summed E-state index contributed by atoms with van der Waals surface area (Å²) in [6, 6.07) is 2.49. The maximum atomic E-state index is 13.3. The summed E-state index contributed by atoms with van der Waals surface area (Å²) in [5, 5.41) is 3.64. The van der Waals surface area contributed by atoms with Gasteiger partial charge in [0.15, 0.2) is 14.9 Å². The predicted molar refractivity (Wildman–Crippen MR) is 85.1 cm³/mol. The van der Waals surface area contributed by atoms with Crippen molar-refractivity contribution in [1.82, 2.24) is 9.78 Å². The zero-order chi connectivity index (χ0) is 17.5. The second-order valence-corrected chi connectivity index (χ2v) is 7.57. The van der Waals surface area contributed by atoms with Crippen LogP contribution in [0.5, 0.6) is 0 Å². The van der Waals surface area contributed by atoms with Crippen LogP contribution in [0.3, 0.4) is 0 Å². The largest absolute Gasteiger partial charge is 0.366 e. The van der Waals surface area contributed by atoms with Crippen molar-refractivity contribution in [2.45, 2.75) is 11.7 Å². The van der Waals surface area contributed by atoms with Crippen LogP contribution >= 0.6 is 23.2 Å². The maximum Gasteiger partial charge on any atom is 0.250 e. The number of nitrogens with two attached hydrogens (primary N) is 1. The number of primary amides is 1. The van der Waals surface area contributed by atoms with Gasteiger partial charge in [-0.2, -0.15) is 5.10 Å². The molecule has 1 heterocycles. The van der Waals surface area contributed by atoms with Gasteiger partial charge in [-0.05, 0) is 17.7 Å². The van der Waals surface area contributed by atoms with Crippen molar-refractivity contribution in [2.75, 3.05) is 6.26 Å². The summed E-state index contributed by atoms with van der Waals surface area (Å²) >= 11 is 12.0. The van der Waals surface area contributed by atoms with Crippen molar-refractivity contribution in [2.24, 2.45) is 12.8 Å². The molecule has 6 nitrogen and oxygen atoms in total. The number of carbonyl (C=O) groups is 1. The molecular weight excluding hydrogens is 368 g/mol. The van der Waals surface area contributed by atoms with E-state index in [0.29, 0.717) is 0 Å². The van der Waals surface area contributed by atoms with E-state index in [0.717, 1.165) is 10.9 Å². The van der Waals surface area contributed by atoms with Crippen molar-refractivity contribution in [3.63, 3.8) is 0 Å². The van der Waals surface area contributed by atoms with Crippen LogP contribution in [-0.4, -0.2) is 30.4 Å². The summed E-state index contributed by atoms with van der Waals surface area (Å²) in [6.45, 7) is -0.908. The fourth-order valence-electron chi connectivity index (χ4n) is 2.19. The third-order valence-electron chi connectivity index (χ3n) is 3.15. The Morgan fingerprint density at radius 2 is 2.00 bits per heavy atom. The van der Waals surface area contributed by atoms with E-state index < -0.39 is 22.4 Å². The van der Waals surface area contributed by atoms with Crippen molar-refractivity contribution >= 4 is 38.9 Å². The Hall–Kier alpha value is -1.64.